The summed E-state index contributed by atoms with van der Waals surface area (Å²) in [6.07, 6.45) is 1.59. The molecular formula is C15H14N2O2S. The average Bonchev–Trinajstić information content (AvgIpc) is 2.92. The zero-order valence-corrected chi connectivity index (χ0v) is 11.8. The lowest BCUT2D eigenvalue weighted by Gasteiger charge is -2.09. The maximum Gasteiger partial charge on any atom is 0.268 e. The number of fused-ring (bicyclic) bond motifs is 1. The molecule has 0 saturated carbocycles. The summed E-state index contributed by atoms with van der Waals surface area (Å²) in [4.78, 5) is 0.269. The first-order valence-corrected chi connectivity index (χ1v) is 7.66. The van der Waals surface area contributed by atoms with Gasteiger partial charge < -0.3 is 5.32 Å². The predicted octanol–water partition coefficient (Wildman–Crippen LogP) is 2.92. The second-order valence-electron chi connectivity index (χ2n) is 4.45. The van der Waals surface area contributed by atoms with Crippen LogP contribution in [0.25, 0.3) is 10.9 Å². The number of aromatic nitrogens is 1. The monoisotopic (exact) mass is 286 g/mol. The topological polar surface area (TPSA) is 51.1 Å². The van der Waals surface area contributed by atoms with Gasteiger partial charge in [0.25, 0.3) is 10.0 Å². The minimum atomic E-state index is -3.58. The number of hydrogen-bond donors (Lipinski definition) is 1. The van der Waals surface area contributed by atoms with Gasteiger partial charge in [0.1, 0.15) is 0 Å². The first kappa shape index (κ1) is 12.7. The summed E-state index contributed by atoms with van der Waals surface area (Å²) in [5, 5.41) is 3.85. The van der Waals surface area contributed by atoms with Crippen LogP contribution in [0.1, 0.15) is 0 Å². The molecule has 3 rings (SSSR count). The fraction of sp³-hybridized carbons (Fsp3) is 0.0667. The van der Waals surface area contributed by atoms with E-state index in [2.05, 4.69) is 5.32 Å². The molecule has 1 aromatic heterocycles. The van der Waals surface area contributed by atoms with Crippen LogP contribution in [0, 0.1) is 0 Å². The fourth-order valence-electron chi connectivity index (χ4n) is 2.19. The van der Waals surface area contributed by atoms with Crippen molar-refractivity contribution in [1.82, 2.24) is 3.97 Å². The molecule has 0 unspecified atom stereocenters. The summed E-state index contributed by atoms with van der Waals surface area (Å²) in [5.41, 5.74) is 1.45. The predicted molar refractivity (Wildman–Crippen MR) is 80.5 cm³/mol. The van der Waals surface area contributed by atoms with Gasteiger partial charge in [0.2, 0.25) is 0 Å². The first-order chi connectivity index (χ1) is 9.63. The molecule has 1 heterocycles. The molecule has 4 nitrogen and oxygen atoms in total. The van der Waals surface area contributed by atoms with Crippen LogP contribution < -0.4 is 5.32 Å². The molecule has 0 aliphatic rings. The van der Waals surface area contributed by atoms with Crippen molar-refractivity contribution in [2.75, 3.05) is 12.4 Å². The van der Waals surface area contributed by atoms with Crippen molar-refractivity contribution in [3.63, 3.8) is 0 Å². The highest BCUT2D eigenvalue weighted by Crippen LogP contribution is 2.23. The summed E-state index contributed by atoms with van der Waals surface area (Å²) >= 11 is 0. The van der Waals surface area contributed by atoms with Gasteiger partial charge in [-0.15, -0.1) is 0 Å². The number of benzene rings is 2. The number of nitrogens with zero attached hydrogens (tertiary/aromatic N) is 1. The maximum absolute atomic E-state index is 12.7. The highest BCUT2D eigenvalue weighted by Gasteiger charge is 2.18. The van der Waals surface area contributed by atoms with E-state index in [1.54, 1.807) is 43.6 Å². The van der Waals surface area contributed by atoms with Gasteiger partial charge in [-0.05, 0) is 30.3 Å². The van der Waals surface area contributed by atoms with E-state index in [4.69, 9.17) is 0 Å². The van der Waals surface area contributed by atoms with Crippen molar-refractivity contribution < 1.29 is 8.42 Å². The Bertz CT molecular complexity index is 866. The molecule has 0 aliphatic heterocycles. The van der Waals surface area contributed by atoms with Crippen molar-refractivity contribution in [2.45, 2.75) is 4.90 Å². The van der Waals surface area contributed by atoms with Crippen molar-refractivity contribution in [1.29, 1.82) is 0 Å². The lowest BCUT2D eigenvalue weighted by molar-refractivity contribution is 0.589. The van der Waals surface area contributed by atoms with E-state index >= 15 is 0 Å². The van der Waals surface area contributed by atoms with Crippen LogP contribution in [0.2, 0.25) is 0 Å². The number of para-hydroxylation sites is 1. The lowest BCUT2D eigenvalue weighted by Crippen LogP contribution is -2.11. The van der Waals surface area contributed by atoms with Crippen LogP contribution in [-0.2, 0) is 10.0 Å². The van der Waals surface area contributed by atoms with E-state index in [1.807, 2.05) is 24.3 Å². The summed E-state index contributed by atoms with van der Waals surface area (Å²) in [5.74, 6) is 0. The van der Waals surface area contributed by atoms with Gasteiger partial charge in [-0.2, -0.15) is 0 Å². The third-order valence-electron chi connectivity index (χ3n) is 3.24. The van der Waals surface area contributed by atoms with Gasteiger partial charge >= 0.3 is 0 Å². The molecule has 0 aliphatic carbocycles. The van der Waals surface area contributed by atoms with Crippen molar-refractivity contribution in [2.24, 2.45) is 0 Å². The number of anilines is 1. The Hall–Kier alpha value is -2.27. The Labute approximate surface area is 117 Å². The van der Waals surface area contributed by atoms with Crippen molar-refractivity contribution in [3.05, 3.63) is 60.8 Å². The quantitative estimate of drug-likeness (QED) is 0.805. The third-order valence-corrected chi connectivity index (χ3v) is 4.93. The Balaban J connectivity index is 2.21. The van der Waals surface area contributed by atoms with E-state index in [0.717, 1.165) is 11.1 Å². The maximum atomic E-state index is 12.7. The molecule has 20 heavy (non-hydrogen) atoms. The molecule has 3 aromatic rings. The average molecular weight is 286 g/mol. The molecule has 2 aromatic carbocycles. The largest absolute Gasteiger partial charge is 0.388 e. The van der Waals surface area contributed by atoms with Gasteiger partial charge in [0.05, 0.1) is 10.4 Å². The van der Waals surface area contributed by atoms with Crippen LogP contribution in [0.5, 0.6) is 0 Å². The minimum Gasteiger partial charge on any atom is -0.388 e. The molecule has 5 heteroatoms. The number of nitrogens with one attached hydrogen (secondary N) is 1. The molecule has 0 fully saturated rings. The van der Waals surface area contributed by atoms with E-state index in [9.17, 15) is 8.42 Å². The van der Waals surface area contributed by atoms with Crippen molar-refractivity contribution >= 4 is 26.6 Å². The first-order valence-electron chi connectivity index (χ1n) is 6.22. The van der Waals surface area contributed by atoms with E-state index < -0.39 is 10.0 Å². The molecule has 0 saturated heterocycles. The molecule has 0 atom stereocenters. The van der Waals surface area contributed by atoms with Crippen molar-refractivity contribution in [3.8, 4) is 0 Å². The van der Waals surface area contributed by atoms with Crippen LogP contribution >= 0.6 is 0 Å². The second-order valence-corrected chi connectivity index (χ2v) is 6.27. The molecular weight excluding hydrogens is 272 g/mol. The summed E-state index contributed by atoms with van der Waals surface area (Å²) < 4.78 is 26.7. The van der Waals surface area contributed by atoms with E-state index in [1.165, 1.54) is 3.97 Å². The number of rotatable bonds is 3. The van der Waals surface area contributed by atoms with Gasteiger partial charge in [0.15, 0.2) is 0 Å². The second kappa shape index (κ2) is 4.68. The lowest BCUT2D eigenvalue weighted by atomic mass is 10.3. The highest BCUT2D eigenvalue weighted by atomic mass is 32.2. The van der Waals surface area contributed by atoms with Gasteiger partial charge in [0, 0.05) is 24.3 Å². The molecule has 0 radical (unpaired) electrons. The van der Waals surface area contributed by atoms with E-state index in [-0.39, 0.29) is 4.90 Å². The summed E-state index contributed by atoms with van der Waals surface area (Å²) in [7, 11) is -1.82. The molecule has 1 N–H and O–H groups in total. The summed E-state index contributed by atoms with van der Waals surface area (Å²) in [6, 6.07) is 16.0. The molecule has 0 amide bonds. The Morgan fingerprint density at radius 2 is 1.80 bits per heavy atom. The molecule has 102 valence electrons. The molecule has 0 bridgehead atoms. The zero-order valence-electron chi connectivity index (χ0n) is 10.9. The Kier molecular flexibility index (Phi) is 2.99. The van der Waals surface area contributed by atoms with Crippen LogP contribution in [0.4, 0.5) is 5.69 Å². The van der Waals surface area contributed by atoms with Crippen LogP contribution in [-0.4, -0.2) is 19.4 Å². The normalized spacial score (nSPS) is 11.7. The van der Waals surface area contributed by atoms with Gasteiger partial charge in [-0.3, -0.25) is 0 Å². The van der Waals surface area contributed by atoms with Crippen LogP contribution in [0.15, 0.2) is 65.7 Å². The third kappa shape index (κ3) is 1.96. The van der Waals surface area contributed by atoms with Crippen LogP contribution in [0.3, 0.4) is 0 Å². The Morgan fingerprint density at radius 3 is 2.60 bits per heavy atom. The van der Waals surface area contributed by atoms with Gasteiger partial charge in [-0.1, -0.05) is 24.3 Å². The van der Waals surface area contributed by atoms with Gasteiger partial charge in [-0.25, -0.2) is 12.4 Å². The molecule has 0 spiro atoms. The fourth-order valence-corrected chi connectivity index (χ4v) is 3.59. The SMILES string of the molecule is CNc1cccc(S(=O)(=O)n2ccc3ccccc32)c1. The summed E-state index contributed by atoms with van der Waals surface area (Å²) in [6.45, 7) is 0. The smallest absolute Gasteiger partial charge is 0.268 e. The minimum absolute atomic E-state index is 0.269. The zero-order chi connectivity index (χ0) is 14.2. The standard InChI is InChI=1S/C15H14N2O2S/c1-16-13-6-4-7-14(11-13)20(18,19)17-10-9-12-5-2-3-8-15(12)17/h2-11,16H,1H3. The highest BCUT2D eigenvalue weighted by molar-refractivity contribution is 7.90. The number of hydrogen-bond acceptors (Lipinski definition) is 3. The Morgan fingerprint density at radius 1 is 1.00 bits per heavy atom. The van der Waals surface area contributed by atoms with E-state index in [0.29, 0.717) is 5.52 Å².